The summed E-state index contributed by atoms with van der Waals surface area (Å²) >= 11 is 0. The lowest BCUT2D eigenvalue weighted by atomic mass is 10.2. The first-order valence-electron chi connectivity index (χ1n) is 5.94. The van der Waals surface area contributed by atoms with Crippen molar-refractivity contribution in [2.24, 2.45) is 0 Å². The standard InChI is InChI=1S/C11H20N2O3/c1-9-7-13(8-10(2)16-9)11(14)12-3-5-15-6-4-12/h9-10H,3-8H2,1-2H3. The minimum atomic E-state index is 0.130. The van der Waals surface area contributed by atoms with Gasteiger partial charge in [-0.05, 0) is 13.8 Å². The van der Waals surface area contributed by atoms with E-state index in [1.54, 1.807) is 0 Å². The fourth-order valence-electron chi connectivity index (χ4n) is 2.29. The summed E-state index contributed by atoms with van der Waals surface area (Å²) in [5, 5.41) is 0. The van der Waals surface area contributed by atoms with E-state index < -0.39 is 0 Å². The molecule has 0 radical (unpaired) electrons. The molecule has 5 heteroatoms. The van der Waals surface area contributed by atoms with Crippen molar-refractivity contribution in [3.63, 3.8) is 0 Å². The van der Waals surface area contributed by atoms with E-state index in [1.807, 2.05) is 23.6 Å². The maximum Gasteiger partial charge on any atom is 0.320 e. The first-order valence-corrected chi connectivity index (χ1v) is 5.94. The van der Waals surface area contributed by atoms with E-state index in [0.717, 1.165) is 0 Å². The number of ether oxygens (including phenoxy) is 2. The third-order valence-electron chi connectivity index (χ3n) is 2.97. The van der Waals surface area contributed by atoms with E-state index in [0.29, 0.717) is 39.4 Å². The van der Waals surface area contributed by atoms with Gasteiger partial charge in [0.25, 0.3) is 0 Å². The Kier molecular flexibility index (Phi) is 3.66. The number of urea groups is 1. The second kappa shape index (κ2) is 5.01. The quantitative estimate of drug-likeness (QED) is 0.608. The second-order valence-corrected chi connectivity index (χ2v) is 4.54. The van der Waals surface area contributed by atoms with Gasteiger partial charge in [0.1, 0.15) is 0 Å². The zero-order valence-electron chi connectivity index (χ0n) is 10.0. The molecule has 0 saturated carbocycles. The van der Waals surface area contributed by atoms with Gasteiger partial charge in [-0.1, -0.05) is 0 Å². The highest BCUT2D eigenvalue weighted by Crippen LogP contribution is 2.13. The van der Waals surface area contributed by atoms with Crippen molar-refractivity contribution in [2.45, 2.75) is 26.1 Å². The molecule has 0 aromatic rings. The van der Waals surface area contributed by atoms with Crippen LogP contribution >= 0.6 is 0 Å². The Morgan fingerprint density at radius 2 is 1.62 bits per heavy atom. The van der Waals surface area contributed by atoms with Crippen LogP contribution < -0.4 is 0 Å². The monoisotopic (exact) mass is 228 g/mol. The molecule has 0 aromatic heterocycles. The Hall–Kier alpha value is -0.810. The molecule has 2 fully saturated rings. The molecular weight excluding hydrogens is 208 g/mol. The van der Waals surface area contributed by atoms with Crippen LogP contribution in [0.3, 0.4) is 0 Å². The van der Waals surface area contributed by atoms with E-state index in [2.05, 4.69) is 0 Å². The topological polar surface area (TPSA) is 42.0 Å². The normalized spacial score (nSPS) is 31.6. The fraction of sp³-hybridized carbons (Fsp3) is 0.909. The molecule has 2 aliphatic rings. The summed E-state index contributed by atoms with van der Waals surface area (Å²) in [6, 6.07) is 0.130. The molecule has 2 atom stereocenters. The Labute approximate surface area is 96.3 Å². The Morgan fingerprint density at radius 3 is 2.19 bits per heavy atom. The van der Waals surface area contributed by atoms with Crippen molar-refractivity contribution in [2.75, 3.05) is 39.4 Å². The minimum absolute atomic E-state index is 0.130. The van der Waals surface area contributed by atoms with Crippen molar-refractivity contribution in [3.8, 4) is 0 Å². The molecule has 0 aliphatic carbocycles. The lowest BCUT2D eigenvalue weighted by molar-refractivity contribution is -0.0610. The number of nitrogens with zero attached hydrogens (tertiary/aromatic N) is 2. The third kappa shape index (κ3) is 2.65. The molecule has 0 aromatic carbocycles. The van der Waals surface area contributed by atoms with Crippen LogP contribution in [-0.2, 0) is 9.47 Å². The summed E-state index contributed by atoms with van der Waals surface area (Å²) < 4.78 is 10.9. The van der Waals surface area contributed by atoms with Crippen LogP contribution in [0.1, 0.15) is 13.8 Å². The summed E-state index contributed by atoms with van der Waals surface area (Å²) in [5.74, 6) is 0. The summed E-state index contributed by atoms with van der Waals surface area (Å²) in [4.78, 5) is 15.9. The summed E-state index contributed by atoms with van der Waals surface area (Å²) in [5.41, 5.74) is 0. The zero-order valence-corrected chi connectivity index (χ0v) is 10.0. The van der Waals surface area contributed by atoms with Crippen LogP contribution in [0.4, 0.5) is 4.79 Å². The van der Waals surface area contributed by atoms with Crippen LogP contribution in [0.2, 0.25) is 0 Å². The highest BCUT2D eigenvalue weighted by atomic mass is 16.5. The van der Waals surface area contributed by atoms with Gasteiger partial charge in [-0.15, -0.1) is 0 Å². The van der Waals surface area contributed by atoms with E-state index in [-0.39, 0.29) is 18.2 Å². The molecule has 0 spiro atoms. The largest absolute Gasteiger partial charge is 0.378 e. The van der Waals surface area contributed by atoms with Crippen LogP contribution in [0.5, 0.6) is 0 Å². The third-order valence-corrected chi connectivity index (χ3v) is 2.97. The van der Waals surface area contributed by atoms with Crippen LogP contribution in [0.25, 0.3) is 0 Å². The predicted octanol–water partition coefficient (Wildman–Crippen LogP) is 0.548. The van der Waals surface area contributed by atoms with E-state index in [4.69, 9.17) is 9.47 Å². The first kappa shape index (κ1) is 11.7. The Morgan fingerprint density at radius 1 is 1.06 bits per heavy atom. The molecule has 92 valence electrons. The Bertz CT molecular complexity index is 244. The molecule has 16 heavy (non-hydrogen) atoms. The van der Waals surface area contributed by atoms with Gasteiger partial charge in [0.05, 0.1) is 25.4 Å². The molecule has 0 bridgehead atoms. The SMILES string of the molecule is CC1CN(C(=O)N2CCOCC2)CC(C)O1. The average molecular weight is 228 g/mol. The van der Waals surface area contributed by atoms with Gasteiger partial charge in [0.2, 0.25) is 0 Å². The highest BCUT2D eigenvalue weighted by molar-refractivity contribution is 5.74. The number of carbonyl (C=O) groups is 1. The molecular formula is C11H20N2O3. The molecule has 2 rings (SSSR count). The number of hydrogen-bond donors (Lipinski definition) is 0. The molecule has 2 aliphatic heterocycles. The maximum absolute atomic E-state index is 12.2. The van der Waals surface area contributed by atoms with Gasteiger partial charge in [-0.3, -0.25) is 0 Å². The van der Waals surface area contributed by atoms with Crippen molar-refractivity contribution in [1.29, 1.82) is 0 Å². The molecule has 2 unspecified atom stereocenters. The van der Waals surface area contributed by atoms with Crippen molar-refractivity contribution in [1.82, 2.24) is 9.80 Å². The molecule has 5 nitrogen and oxygen atoms in total. The zero-order chi connectivity index (χ0) is 11.5. The smallest absolute Gasteiger partial charge is 0.320 e. The summed E-state index contributed by atoms with van der Waals surface area (Å²) in [6.45, 7) is 8.13. The Balaban J connectivity index is 1.92. The van der Waals surface area contributed by atoms with Gasteiger partial charge in [-0.2, -0.15) is 0 Å². The van der Waals surface area contributed by atoms with Gasteiger partial charge in [0, 0.05) is 26.2 Å². The lowest BCUT2D eigenvalue weighted by Crippen LogP contribution is -2.54. The number of morpholine rings is 2. The van der Waals surface area contributed by atoms with Crippen LogP contribution in [0.15, 0.2) is 0 Å². The molecule has 2 heterocycles. The van der Waals surface area contributed by atoms with Crippen molar-refractivity contribution in [3.05, 3.63) is 0 Å². The van der Waals surface area contributed by atoms with E-state index in [9.17, 15) is 4.79 Å². The van der Waals surface area contributed by atoms with E-state index >= 15 is 0 Å². The number of carbonyl (C=O) groups excluding carboxylic acids is 1. The number of hydrogen-bond acceptors (Lipinski definition) is 3. The second-order valence-electron chi connectivity index (χ2n) is 4.54. The van der Waals surface area contributed by atoms with Crippen LogP contribution in [0, 0.1) is 0 Å². The van der Waals surface area contributed by atoms with Gasteiger partial charge >= 0.3 is 6.03 Å². The van der Waals surface area contributed by atoms with Gasteiger partial charge < -0.3 is 19.3 Å². The van der Waals surface area contributed by atoms with Crippen LogP contribution in [-0.4, -0.2) is 67.4 Å². The van der Waals surface area contributed by atoms with Crippen molar-refractivity contribution < 1.29 is 14.3 Å². The average Bonchev–Trinajstić information content (AvgIpc) is 2.28. The molecule has 0 N–H and O–H groups in total. The summed E-state index contributed by atoms with van der Waals surface area (Å²) in [6.07, 6.45) is 0.266. The lowest BCUT2D eigenvalue weighted by Gasteiger charge is -2.39. The molecule has 2 saturated heterocycles. The predicted molar refractivity (Wildman–Crippen MR) is 59.4 cm³/mol. The molecule has 2 amide bonds. The highest BCUT2D eigenvalue weighted by Gasteiger charge is 2.29. The first-order chi connectivity index (χ1) is 7.66. The van der Waals surface area contributed by atoms with E-state index in [1.165, 1.54) is 0 Å². The van der Waals surface area contributed by atoms with Gasteiger partial charge in [-0.25, -0.2) is 4.79 Å². The van der Waals surface area contributed by atoms with Gasteiger partial charge in [0.15, 0.2) is 0 Å². The fourth-order valence-corrected chi connectivity index (χ4v) is 2.29. The number of amides is 2. The van der Waals surface area contributed by atoms with Crippen molar-refractivity contribution >= 4 is 6.03 Å². The minimum Gasteiger partial charge on any atom is -0.378 e. The number of rotatable bonds is 0. The summed E-state index contributed by atoms with van der Waals surface area (Å²) in [7, 11) is 0. The maximum atomic E-state index is 12.2.